The molecule has 1 heterocycles. The molecule has 0 saturated heterocycles. The monoisotopic (exact) mass is 364 g/mol. The van der Waals surface area contributed by atoms with E-state index in [1.54, 1.807) is 18.2 Å². The number of benzene rings is 2. The Morgan fingerprint density at radius 3 is 2.52 bits per heavy atom. The first-order valence-electron chi connectivity index (χ1n) is 8.51. The second kappa shape index (κ2) is 7.86. The van der Waals surface area contributed by atoms with Crippen LogP contribution in [0.5, 0.6) is 5.75 Å². The summed E-state index contributed by atoms with van der Waals surface area (Å²) in [6, 6.07) is 14.5. The van der Waals surface area contributed by atoms with Crippen molar-refractivity contribution in [2.45, 2.75) is 27.4 Å². The summed E-state index contributed by atoms with van der Waals surface area (Å²) >= 11 is 0. The second-order valence-corrected chi connectivity index (χ2v) is 6.12. The molecule has 6 nitrogen and oxygen atoms in total. The van der Waals surface area contributed by atoms with Crippen molar-refractivity contribution in [3.63, 3.8) is 0 Å². The molecule has 3 aromatic rings. The highest BCUT2D eigenvalue weighted by molar-refractivity contribution is 5.96. The lowest BCUT2D eigenvalue weighted by Gasteiger charge is -2.12. The summed E-state index contributed by atoms with van der Waals surface area (Å²) in [5, 5.41) is 2.70. The molecule has 0 aliphatic rings. The van der Waals surface area contributed by atoms with Crippen molar-refractivity contribution in [2.24, 2.45) is 0 Å². The van der Waals surface area contributed by atoms with Crippen molar-refractivity contribution in [2.75, 3.05) is 5.32 Å². The molecule has 0 atom stereocenters. The number of aryl methyl sites for hydroxylation is 1. The first-order valence-corrected chi connectivity index (χ1v) is 8.51. The first-order chi connectivity index (χ1) is 12.9. The minimum atomic E-state index is -0.223. The van der Waals surface area contributed by atoms with E-state index in [0.717, 1.165) is 5.56 Å². The van der Waals surface area contributed by atoms with Gasteiger partial charge in [0.15, 0.2) is 5.78 Å². The van der Waals surface area contributed by atoms with Crippen LogP contribution in [-0.4, -0.2) is 16.7 Å². The molecule has 0 radical (unpaired) electrons. The van der Waals surface area contributed by atoms with Crippen molar-refractivity contribution in [1.82, 2.24) is 4.98 Å². The number of nitrogens with one attached hydrogen (secondary N) is 1. The molecule has 27 heavy (non-hydrogen) atoms. The Hall–Kier alpha value is -3.41. The minimum absolute atomic E-state index is 0.0850. The van der Waals surface area contributed by atoms with E-state index in [0.29, 0.717) is 34.3 Å². The van der Waals surface area contributed by atoms with Crippen molar-refractivity contribution >= 4 is 17.4 Å². The summed E-state index contributed by atoms with van der Waals surface area (Å²) in [6.07, 6.45) is 0. The summed E-state index contributed by atoms with van der Waals surface area (Å²) in [6.45, 7) is 4.86. The lowest BCUT2D eigenvalue weighted by atomic mass is 10.1. The van der Waals surface area contributed by atoms with E-state index in [-0.39, 0.29) is 18.3 Å². The van der Waals surface area contributed by atoms with Gasteiger partial charge >= 0.3 is 0 Å². The minimum Gasteiger partial charge on any atom is -0.485 e. The van der Waals surface area contributed by atoms with E-state index >= 15 is 0 Å². The maximum atomic E-state index is 11.6. The molecule has 0 spiro atoms. The van der Waals surface area contributed by atoms with E-state index in [4.69, 9.17) is 9.15 Å². The smallest absolute Gasteiger partial charge is 0.226 e. The molecule has 1 N–H and O–H groups in total. The number of anilines is 1. The van der Waals surface area contributed by atoms with E-state index < -0.39 is 0 Å². The summed E-state index contributed by atoms with van der Waals surface area (Å²) in [7, 11) is 0. The van der Waals surface area contributed by atoms with Gasteiger partial charge in [0.1, 0.15) is 23.8 Å². The van der Waals surface area contributed by atoms with Crippen LogP contribution in [0, 0.1) is 6.92 Å². The number of aromatic nitrogens is 1. The van der Waals surface area contributed by atoms with Gasteiger partial charge < -0.3 is 14.5 Å². The Bertz CT molecular complexity index is 977. The van der Waals surface area contributed by atoms with Crippen LogP contribution < -0.4 is 10.1 Å². The van der Waals surface area contributed by atoms with Crippen molar-refractivity contribution < 1.29 is 18.7 Å². The molecule has 0 unspecified atom stereocenters. The van der Waals surface area contributed by atoms with Crippen LogP contribution in [0.2, 0.25) is 0 Å². The number of oxazole rings is 1. The summed E-state index contributed by atoms with van der Waals surface area (Å²) in [4.78, 5) is 27.6. The lowest BCUT2D eigenvalue weighted by Crippen LogP contribution is -2.09. The Morgan fingerprint density at radius 1 is 1.11 bits per heavy atom. The fourth-order valence-electron chi connectivity index (χ4n) is 2.57. The third-order valence-electron chi connectivity index (χ3n) is 3.98. The molecule has 0 aliphatic carbocycles. The van der Waals surface area contributed by atoms with Gasteiger partial charge in [0.2, 0.25) is 11.8 Å². The summed E-state index contributed by atoms with van der Waals surface area (Å²) in [5.41, 5.74) is 2.53. The number of amides is 1. The highest BCUT2D eigenvalue weighted by Gasteiger charge is 2.14. The number of hydrogen-bond acceptors (Lipinski definition) is 5. The van der Waals surface area contributed by atoms with Crippen LogP contribution in [0.3, 0.4) is 0 Å². The van der Waals surface area contributed by atoms with Crippen LogP contribution in [0.4, 0.5) is 5.69 Å². The van der Waals surface area contributed by atoms with E-state index in [9.17, 15) is 9.59 Å². The van der Waals surface area contributed by atoms with E-state index in [2.05, 4.69) is 10.3 Å². The zero-order valence-corrected chi connectivity index (χ0v) is 15.4. The standard InChI is InChI=1S/C21H20N2O4/c1-13(24)17-9-10-18(22-15(3)25)20(11-17)26-12-19-14(2)27-21(23-19)16-7-5-4-6-8-16/h4-11H,12H2,1-3H3,(H,22,25). The number of nitrogens with zero attached hydrogens (tertiary/aromatic N) is 1. The van der Waals surface area contributed by atoms with Crippen molar-refractivity contribution in [3.05, 3.63) is 65.5 Å². The maximum Gasteiger partial charge on any atom is 0.226 e. The topological polar surface area (TPSA) is 81.4 Å². The number of Topliss-reactive ketones (excluding diaryl/α,β-unsaturated/α-hetero) is 1. The van der Waals surface area contributed by atoms with Crippen LogP contribution in [-0.2, 0) is 11.4 Å². The molecule has 138 valence electrons. The van der Waals surface area contributed by atoms with Crippen molar-refractivity contribution in [3.8, 4) is 17.2 Å². The molecule has 0 saturated carbocycles. The Kier molecular flexibility index (Phi) is 5.35. The number of rotatable bonds is 6. The number of carbonyl (C=O) groups excluding carboxylic acids is 2. The summed E-state index contributed by atoms with van der Waals surface area (Å²) in [5.74, 6) is 1.27. The van der Waals surface area contributed by atoms with Crippen LogP contribution >= 0.6 is 0 Å². The van der Waals surface area contributed by atoms with Crippen LogP contribution in [0.1, 0.15) is 35.7 Å². The molecular weight excluding hydrogens is 344 g/mol. The largest absolute Gasteiger partial charge is 0.485 e. The number of hydrogen-bond donors (Lipinski definition) is 1. The summed E-state index contributed by atoms with van der Waals surface area (Å²) < 4.78 is 11.6. The van der Waals surface area contributed by atoms with Crippen molar-refractivity contribution in [1.29, 1.82) is 0 Å². The highest BCUT2D eigenvalue weighted by atomic mass is 16.5. The quantitative estimate of drug-likeness (QED) is 0.656. The third-order valence-corrected chi connectivity index (χ3v) is 3.98. The maximum absolute atomic E-state index is 11.6. The predicted molar refractivity (Wildman–Crippen MR) is 102 cm³/mol. The zero-order chi connectivity index (χ0) is 19.4. The normalized spacial score (nSPS) is 10.5. The fraction of sp³-hybridized carbons (Fsp3) is 0.190. The van der Waals surface area contributed by atoms with Gasteiger partial charge in [-0.15, -0.1) is 0 Å². The van der Waals surface area contributed by atoms with E-state index in [1.807, 2.05) is 37.3 Å². The lowest BCUT2D eigenvalue weighted by molar-refractivity contribution is -0.114. The molecule has 3 rings (SSSR count). The molecule has 6 heteroatoms. The van der Waals surface area contributed by atoms with Crippen LogP contribution in [0.25, 0.3) is 11.5 Å². The molecule has 1 amide bonds. The van der Waals surface area contributed by atoms with Crippen LogP contribution in [0.15, 0.2) is 52.9 Å². The molecule has 0 aliphatic heterocycles. The Morgan fingerprint density at radius 2 is 1.85 bits per heavy atom. The van der Waals surface area contributed by atoms with Gasteiger partial charge in [-0.2, -0.15) is 0 Å². The van der Waals surface area contributed by atoms with Gasteiger partial charge in [-0.3, -0.25) is 9.59 Å². The number of carbonyl (C=O) groups is 2. The predicted octanol–water partition coefficient (Wildman–Crippen LogP) is 4.39. The molecule has 2 aromatic carbocycles. The Labute approximate surface area is 157 Å². The fourth-order valence-corrected chi connectivity index (χ4v) is 2.57. The van der Waals surface area contributed by atoms with Gasteiger partial charge in [0.05, 0.1) is 5.69 Å². The Balaban J connectivity index is 1.84. The van der Waals surface area contributed by atoms with Gasteiger partial charge in [-0.25, -0.2) is 4.98 Å². The number of ether oxygens (including phenoxy) is 1. The molecule has 0 fully saturated rings. The first kappa shape index (κ1) is 18.4. The molecular formula is C21H20N2O4. The highest BCUT2D eigenvalue weighted by Crippen LogP contribution is 2.28. The van der Waals surface area contributed by atoms with E-state index in [1.165, 1.54) is 13.8 Å². The zero-order valence-electron chi connectivity index (χ0n) is 15.4. The van der Waals surface area contributed by atoms with Gasteiger partial charge in [0, 0.05) is 18.1 Å². The molecule has 1 aromatic heterocycles. The average Bonchev–Trinajstić information content (AvgIpc) is 3.02. The SMILES string of the molecule is CC(=O)Nc1ccc(C(C)=O)cc1OCc1nc(-c2ccccc2)oc1C. The molecule has 0 bridgehead atoms. The third kappa shape index (κ3) is 4.41. The van der Waals surface area contributed by atoms with Gasteiger partial charge in [-0.1, -0.05) is 18.2 Å². The average molecular weight is 364 g/mol. The number of ketones is 1. The second-order valence-electron chi connectivity index (χ2n) is 6.12. The van der Waals surface area contributed by atoms with Gasteiger partial charge in [-0.05, 0) is 44.2 Å². The van der Waals surface area contributed by atoms with Gasteiger partial charge in [0.25, 0.3) is 0 Å².